The number of rotatable bonds is 3. The van der Waals surface area contributed by atoms with Crippen molar-refractivity contribution < 1.29 is 4.79 Å². The van der Waals surface area contributed by atoms with Gasteiger partial charge >= 0.3 is 0 Å². The molecule has 1 amide bonds. The van der Waals surface area contributed by atoms with E-state index in [-0.39, 0.29) is 11.8 Å². The number of aromatic nitrogens is 2. The maximum Gasteiger partial charge on any atom is 0.228 e. The summed E-state index contributed by atoms with van der Waals surface area (Å²) in [6, 6.07) is 7.54. The SMILES string of the molecule is Cc1cccc(NC(=O)C2CCN(c3ccncc3Cl)CC2)n1. The van der Waals surface area contributed by atoms with Crippen LogP contribution in [0.5, 0.6) is 0 Å². The van der Waals surface area contributed by atoms with Gasteiger partial charge in [-0.15, -0.1) is 0 Å². The second-order valence-electron chi connectivity index (χ2n) is 5.74. The lowest BCUT2D eigenvalue weighted by molar-refractivity contribution is -0.120. The number of nitrogens with one attached hydrogen (secondary N) is 1. The van der Waals surface area contributed by atoms with E-state index in [1.807, 2.05) is 31.2 Å². The number of aryl methyl sites for hydroxylation is 1. The van der Waals surface area contributed by atoms with Crippen molar-refractivity contribution in [2.75, 3.05) is 23.3 Å². The van der Waals surface area contributed by atoms with Gasteiger partial charge in [-0.05, 0) is 38.0 Å². The van der Waals surface area contributed by atoms with E-state index in [0.717, 1.165) is 37.3 Å². The normalized spacial score (nSPS) is 15.5. The highest BCUT2D eigenvalue weighted by Crippen LogP contribution is 2.29. The molecule has 1 saturated heterocycles. The van der Waals surface area contributed by atoms with Crippen LogP contribution < -0.4 is 10.2 Å². The highest BCUT2D eigenvalue weighted by Gasteiger charge is 2.26. The number of carbonyl (C=O) groups excluding carboxylic acids is 1. The van der Waals surface area contributed by atoms with Gasteiger partial charge in [-0.3, -0.25) is 9.78 Å². The Balaban J connectivity index is 1.58. The van der Waals surface area contributed by atoms with Crippen molar-refractivity contribution in [1.82, 2.24) is 9.97 Å². The molecule has 1 N–H and O–H groups in total. The molecule has 23 heavy (non-hydrogen) atoms. The fraction of sp³-hybridized carbons (Fsp3) is 0.353. The van der Waals surface area contributed by atoms with Crippen LogP contribution in [0, 0.1) is 12.8 Å². The van der Waals surface area contributed by atoms with Gasteiger partial charge in [0.1, 0.15) is 5.82 Å². The molecule has 2 aromatic heterocycles. The molecule has 6 heteroatoms. The number of nitrogens with zero attached hydrogens (tertiary/aromatic N) is 3. The van der Waals surface area contributed by atoms with Crippen LogP contribution in [0.4, 0.5) is 11.5 Å². The molecule has 0 spiro atoms. The number of piperidine rings is 1. The molecular formula is C17H19ClN4O. The molecule has 1 aliphatic rings. The molecule has 0 atom stereocenters. The average Bonchev–Trinajstić information content (AvgIpc) is 2.55. The Hall–Kier alpha value is -2.14. The van der Waals surface area contributed by atoms with Crippen molar-refractivity contribution in [3.8, 4) is 0 Å². The minimum Gasteiger partial charge on any atom is -0.370 e. The van der Waals surface area contributed by atoms with Gasteiger partial charge in [-0.2, -0.15) is 0 Å². The minimum absolute atomic E-state index is 0.00850. The quantitative estimate of drug-likeness (QED) is 0.938. The predicted molar refractivity (Wildman–Crippen MR) is 91.8 cm³/mol. The van der Waals surface area contributed by atoms with Gasteiger partial charge in [-0.25, -0.2) is 4.98 Å². The molecule has 0 unspecified atom stereocenters. The third-order valence-corrected chi connectivity index (χ3v) is 4.39. The summed E-state index contributed by atoms with van der Waals surface area (Å²) in [6.07, 6.45) is 5.00. The number of carbonyl (C=O) groups is 1. The first-order chi connectivity index (χ1) is 11.1. The number of hydrogen-bond donors (Lipinski definition) is 1. The summed E-state index contributed by atoms with van der Waals surface area (Å²) in [5.74, 6) is 0.673. The maximum atomic E-state index is 12.4. The first-order valence-electron chi connectivity index (χ1n) is 7.72. The van der Waals surface area contributed by atoms with E-state index in [0.29, 0.717) is 10.8 Å². The lowest BCUT2D eigenvalue weighted by atomic mass is 9.95. The second kappa shape index (κ2) is 6.96. The van der Waals surface area contributed by atoms with Crippen LogP contribution in [0.2, 0.25) is 5.02 Å². The Morgan fingerprint density at radius 1 is 1.30 bits per heavy atom. The highest BCUT2D eigenvalue weighted by molar-refractivity contribution is 6.33. The summed E-state index contributed by atoms with van der Waals surface area (Å²) >= 11 is 6.19. The molecule has 3 rings (SSSR count). The third-order valence-electron chi connectivity index (χ3n) is 4.10. The molecule has 3 heterocycles. The van der Waals surface area contributed by atoms with Crippen LogP contribution >= 0.6 is 11.6 Å². The van der Waals surface area contributed by atoms with Gasteiger partial charge < -0.3 is 10.2 Å². The number of halogens is 1. The predicted octanol–water partition coefficient (Wildman–Crippen LogP) is 3.29. The summed E-state index contributed by atoms with van der Waals surface area (Å²) in [5.41, 5.74) is 1.88. The van der Waals surface area contributed by atoms with Crippen LogP contribution in [0.1, 0.15) is 18.5 Å². The topological polar surface area (TPSA) is 58.1 Å². The van der Waals surface area contributed by atoms with Crippen molar-refractivity contribution in [3.05, 3.63) is 47.4 Å². The van der Waals surface area contributed by atoms with E-state index in [9.17, 15) is 4.79 Å². The number of hydrogen-bond acceptors (Lipinski definition) is 4. The fourth-order valence-electron chi connectivity index (χ4n) is 2.85. The lowest BCUT2D eigenvalue weighted by Crippen LogP contribution is -2.38. The average molecular weight is 331 g/mol. The molecule has 0 bridgehead atoms. The summed E-state index contributed by atoms with van der Waals surface area (Å²) in [4.78, 5) is 22.9. The molecule has 0 aliphatic carbocycles. The molecule has 120 valence electrons. The lowest BCUT2D eigenvalue weighted by Gasteiger charge is -2.33. The second-order valence-corrected chi connectivity index (χ2v) is 6.15. The Morgan fingerprint density at radius 2 is 2.09 bits per heavy atom. The Kier molecular flexibility index (Phi) is 4.76. The van der Waals surface area contributed by atoms with Gasteiger partial charge in [0.15, 0.2) is 0 Å². The van der Waals surface area contributed by atoms with Crippen LogP contribution in [0.25, 0.3) is 0 Å². The van der Waals surface area contributed by atoms with Crippen LogP contribution in [0.3, 0.4) is 0 Å². The third kappa shape index (κ3) is 3.79. The zero-order chi connectivity index (χ0) is 16.2. The standard InChI is InChI=1S/C17H19ClN4O/c1-12-3-2-4-16(20-12)21-17(23)13-6-9-22(10-7-13)15-5-8-19-11-14(15)18/h2-5,8,11,13H,6-7,9-10H2,1H3,(H,20,21,23). The van der Waals surface area contributed by atoms with Crippen molar-refractivity contribution >= 4 is 29.0 Å². The molecule has 0 aromatic carbocycles. The summed E-state index contributed by atoms with van der Waals surface area (Å²) in [5, 5.41) is 3.57. The van der Waals surface area contributed by atoms with E-state index in [1.54, 1.807) is 12.4 Å². The van der Waals surface area contributed by atoms with E-state index in [1.165, 1.54) is 0 Å². The van der Waals surface area contributed by atoms with Crippen molar-refractivity contribution in [2.24, 2.45) is 5.92 Å². The molecule has 0 saturated carbocycles. The Morgan fingerprint density at radius 3 is 2.78 bits per heavy atom. The van der Waals surface area contributed by atoms with Gasteiger partial charge in [0.2, 0.25) is 5.91 Å². The largest absolute Gasteiger partial charge is 0.370 e. The first-order valence-corrected chi connectivity index (χ1v) is 8.10. The first kappa shape index (κ1) is 15.7. The number of amides is 1. The molecular weight excluding hydrogens is 312 g/mol. The van der Waals surface area contributed by atoms with E-state index in [2.05, 4.69) is 20.2 Å². The monoisotopic (exact) mass is 330 g/mol. The van der Waals surface area contributed by atoms with Crippen LogP contribution in [-0.2, 0) is 4.79 Å². The molecule has 1 aliphatic heterocycles. The van der Waals surface area contributed by atoms with Crippen molar-refractivity contribution in [3.63, 3.8) is 0 Å². The summed E-state index contributed by atoms with van der Waals surface area (Å²) in [7, 11) is 0. The van der Waals surface area contributed by atoms with Gasteiger partial charge in [0, 0.05) is 37.1 Å². The summed E-state index contributed by atoms with van der Waals surface area (Å²) < 4.78 is 0. The Bertz CT molecular complexity index is 698. The van der Waals surface area contributed by atoms with Gasteiger partial charge in [-0.1, -0.05) is 17.7 Å². The highest BCUT2D eigenvalue weighted by atomic mass is 35.5. The van der Waals surface area contributed by atoms with E-state index < -0.39 is 0 Å². The van der Waals surface area contributed by atoms with Crippen LogP contribution in [0.15, 0.2) is 36.7 Å². The molecule has 2 aromatic rings. The molecule has 1 fully saturated rings. The minimum atomic E-state index is 0.00850. The zero-order valence-electron chi connectivity index (χ0n) is 13.0. The van der Waals surface area contributed by atoms with Crippen molar-refractivity contribution in [2.45, 2.75) is 19.8 Å². The smallest absolute Gasteiger partial charge is 0.228 e. The van der Waals surface area contributed by atoms with Crippen LogP contribution in [-0.4, -0.2) is 29.0 Å². The Labute approximate surface area is 140 Å². The fourth-order valence-corrected chi connectivity index (χ4v) is 3.09. The maximum absolute atomic E-state index is 12.4. The van der Waals surface area contributed by atoms with Gasteiger partial charge in [0.25, 0.3) is 0 Å². The number of anilines is 2. The van der Waals surface area contributed by atoms with Crippen molar-refractivity contribution in [1.29, 1.82) is 0 Å². The zero-order valence-corrected chi connectivity index (χ0v) is 13.8. The molecule has 0 radical (unpaired) electrons. The summed E-state index contributed by atoms with van der Waals surface area (Å²) in [6.45, 7) is 3.53. The number of pyridine rings is 2. The molecule has 5 nitrogen and oxygen atoms in total. The van der Waals surface area contributed by atoms with E-state index in [4.69, 9.17) is 11.6 Å². The van der Waals surface area contributed by atoms with Gasteiger partial charge in [0.05, 0.1) is 10.7 Å². The van der Waals surface area contributed by atoms with E-state index >= 15 is 0 Å².